The number of carbonyl (C=O) groups excluding carboxylic acids is 2. The normalized spacial score (nSPS) is 12.7. The van der Waals surface area contributed by atoms with Gasteiger partial charge >= 0.3 is 6.09 Å². The standard InChI is InChI=1S/C21H27N3O5S/c1-13-6-7-17-15(10-13)18(25)14(12-28-17)11-22-24-19(26)16(8-9-30-5)23-20(27)29-21(2,3)4/h6-7,10-12,16H,8-9H2,1-5H3,(H,23,27)(H,24,26)/b22-11+. The van der Waals surface area contributed by atoms with Crippen molar-refractivity contribution in [3.05, 3.63) is 45.8 Å². The van der Waals surface area contributed by atoms with Crippen LogP contribution in [0.5, 0.6) is 0 Å². The van der Waals surface area contributed by atoms with Gasteiger partial charge in [-0.25, -0.2) is 10.2 Å². The van der Waals surface area contributed by atoms with Crippen molar-refractivity contribution in [2.24, 2.45) is 5.10 Å². The molecule has 0 saturated heterocycles. The van der Waals surface area contributed by atoms with Crippen LogP contribution in [0.15, 0.2) is 38.8 Å². The van der Waals surface area contributed by atoms with Crippen molar-refractivity contribution in [3.8, 4) is 0 Å². The van der Waals surface area contributed by atoms with Gasteiger partial charge in [-0.1, -0.05) is 11.6 Å². The summed E-state index contributed by atoms with van der Waals surface area (Å²) in [5.41, 5.74) is 3.06. The third-order valence-corrected chi connectivity index (χ3v) is 4.60. The molecule has 8 nitrogen and oxygen atoms in total. The Kier molecular flexibility index (Phi) is 8.05. The number of carbonyl (C=O) groups is 2. The summed E-state index contributed by atoms with van der Waals surface area (Å²) in [5, 5.41) is 6.86. The molecule has 0 bridgehead atoms. The molecule has 2 aromatic rings. The molecule has 1 aromatic heterocycles. The maximum Gasteiger partial charge on any atom is 0.408 e. The molecule has 0 spiro atoms. The van der Waals surface area contributed by atoms with Crippen LogP contribution in [0.25, 0.3) is 11.0 Å². The zero-order valence-electron chi connectivity index (χ0n) is 17.8. The average molecular weight is 434 g/mol. The van der Waals surface area contributed by atoms with E-state index in [0.717, 1.165) is 5.56 Å². The molecule has 162 valence electrons. The van der Waals surface area contributed by atoms with E-state index in [-0.39, 0.29) is 11.0 Å². The van der Waals surface area contributed by atoms with E-state index >= 15 is 0 Å². The lowest BCUT2D eigenvalue weighted by Crippen LogP contribution is -2.47. The first-order chi connectivity index (χ1) is 14.1. The SMILES string of the molecule is CSCCC(NC(=O)OC(C)(C)C)C(=O)N/N=C/c1coc2ccc(C)cc2c1=O. The Morgan fingerprint density at radius 1 is 1.33 bits per heavy atom. The van der Waals surface area contributed by atoms with E-state index in [1.165, 1.54) is 12.5 Å². The highest BCUT2D eigenvalue weighted by Gasteiger charge is 2.24. The molecule has 1 heterocycles. The van der Waals surface area contributed by atoms with Crippen LogP contribution >= 0.6 is 11.8 Å². The minimum atomic E-state index is -0.819. The molecule has 1 aromatic carbocycles. The molecule has 0 aliphatic heterocycles. The summed E-state index contributed by atoms with van der Waals surface area (Å²) in [6.07, 6.45) is 4.14. The van der Waals surface area contributed by atoms with Gasteiger partial charge in [-0.15, -0.1) is 0 Å². The maximum atomic E-state index is 12.6. The number of nitrogens with zero attached hydrogens (tertiary/aromatic N) is 1. The number of hydrazone groups is 1. The minimum Gasteiger partial charge on any atom is -0.463 e. The fourth-order valence-electron chi connectivity index (χ4n) is 2.55. The topological polar surface area (TPSA) is 110 Å². The van der Waals surface area contributed by atoms with Crippen molar-refractivity contribution < 1.29 is 18.7 Å². The third-order valence-electron chi connectivity index (χ3n) is 3.95. The van der Waals surface area contributed by atoms with Gasteiger partial charge in [-0.05, 0) is 58.3 Å². The van der Waals surface area contributed by atoms with Gasteiger partial charge in [0.2, 0.25) is 5.43 Å². The molecule has 9 heteroatoms. The zero-order valence-corrected chi connectivity index (χ0v) is 18.6. The van der Waals surface area contributed by atoms with Crippen LogP contribution in [0.1, 0.15) is 38.3 Å². The summed E-state index contributed by atoms with van der Waals surface area (Å²) >= 11 is 1.55. The Morgan fingerprint density at radius 3 is 2.73 bits per heavy atom. The summed E-state index contributed by atoms with van der Waals surface area (Å²) in [4.78, 5) is 37.1. The lowest BCUT2D eigenvalue weighted by Gasteiger charge is -2.22. The van der Waals surface area contributed by atoms with Gasteiger partial charge in [-0.2, -0.15) is 16.9 Å². The quantitative estimate of drug-likeness (QED) is 0.513. The fraction of sp³-hybridized carbons (Fsp3) is 0.429. The second-order valence-electron chi connectivity index (χ2n) is 7.73. The molecule has 2 rings (SSSR count). The highest BCUT2D eigenvalue weighted by Crippen LogP contribution is 2.12. The van der Waals surface area contributed by atoms with Gasteiger partial charge in [0.25, 0.3) is 5.91 Å². The summed E-state index contributed by atoms with van der Waals surface area (Å²) in [6.45, 7) is 7.10. The number of benzene rings is 1. The van der Waals surface area contributed by atoms with E-state index in [2.05, 4.69) is 15.8 Å². The first kappa shape index (κ1) is 23.5. The van der Waals surface area contributed by atoms with Gasteiger partial charge < -0.3 is 14.5 Å². The number of fused-ring (bicyclic) bond motifs is 1. The van der Waals surface area contributed by atoms with E-state index in [9.17, 15) is 14.4 Å². The van der Waals surface area contributed by atoms with Crippen molar-refractivity contribution in [2.45, 2.75) is 45.8 Å². The number of ether oxygens (including phenoxy) is 1. The van der Waals surface area contributed by atoms with Crippen LogP contribution in [-0.4, -0.2) is 41.9 Å². The molecule has 1 atom stereocenters. The maximum absolute atomic E-state index is 12.6. The first-order valence-electron chi connectivity index (χ1n) is 9.44. The van der Waals surface area contributed by atoms with E-state index in [0.29, 0.717) is 23.1 Å². The number of rotatable bonds is 7. The molecule has 30 heavy (non-hydrogen) atoms. The molecule has 0 aliphatic rings. The van der Waals surface area contributed by atoms with Crippen LogP contribution in [0, 0.1) is 6.92 Å². The smallest absolute Gasteiger partial charge is 0.408 e. The van der Waals surface area contributed by atoms with E-state index in [1.54, 1.807) is 44.7 Å². The number of thioether (sulfide) groups is 1. The Balaban J connectivity index is 2.09. The summed E-state index contributed by atoms with van der Waals surface area (Å²) in [5.74, 6) is 0.151. The Morgan fingerprint density at radius 2 is 2.07 bits per heavy atom. The van der Waals surface area contributed by atoms with Crippen LogP contribution in [0.2, 0.25) is 0 Å². The second kappa shape index (κ2) is 10.3. The van der Waals surface area contributed by atoms with Gasteiger partial charge in [0.15, 0.2) is 0 Å². The second-order valence-corrected chi connectivity index (χ2v) is 8.72. The van der Waals surface area contributed by atoms with Crippen molar-refractivity contribution >= 4 is 40.9 Å². The first-order valence-corrected chi connectivity index (χ1v) is 10.8. The van der Waals surface area contributed by atoms with Crippen LogP contribution in [0.3, 0.4) is 0 Å². The van der Waals surface area contributed by atoms with Gasteiger partial charge in [0.05, 0.1) is 17.2 Å². The fourth-order valence-corrected chi connectivity index (χ4v) is 3.02. The molecule has 2 amide bonds. The van der Waals surface area contributed by atoms with Gasteiger partial charge in [-0.3, -0.25) is 9.59 Å². The predicted octanol–water partition coefficient (Wildman–Crippen LogP) is 3.20. The van der Waals surface area contributed by atoms with E-state index < -0.39 is 23.6 Å². The van der Waals surface area contributed by atoms with E-state index in [4.69, 9.17) is 9.15 Å². The minimum absolute atomic E-state index is 0.203. The largest absolute Gasteiger partial charge is 0.463 e. The summed E-state index contributed by atoms with van der Waals surface area (Å²) < 4.78 is 10.7. The molecule has 0 radical (unpaired) electrons. The highest BCUT2D eigenvalue weighted by atomic mass is 32.2. The number of hydrogen-bond acceptors (Lipinski definition) is 7. The Hall–Kier alpha value is -2.81. The number of aryl methyl sites for hydroxylation is 1. The number of alkyl carbamates (subject to hydrolysis) is 1. The van der Waals surface area contributed by atoms with Crippen LogP contribution in [-0.2, 0) is 9.53 Å². The van der Waals surface area contributed by atoms with Crippen molar-refractivity contribution in [1.82, 2.24) is 10.7 Å². The number of nitrogens with one attached hydrogen (secondary N) is 2. The molecular weight excluding hydrogens is 406 g/mol. The van der Waals surface area contributed by atoms with Gasteiger partial charge in [0, 0.05) is 0 Å². The predicted molar refractivity (Wildman–Crippen MR) is 119 cm³/mol. The van der Waals surface area contributed by atoms with Crippen molar-refractivity contribution in [1.29, 1.82) is 0 Å². The third kappa shape index (κ3) is 6.91. The monoisotopic (exact) mass is 433 g/mol. The lowest BCUT2D eigenvalue weighted by atomic mass is 10.1. The van der Waals surface area contributed by atoms with Crippen LogP contribution in [0.4, 0.5) is 4.79 Å². The van der Waals surface area contributed by atoms with Crippen molar-refractivity contribution in [2.75, 3.05) is 12.0 Å². The zero-order chi connectivity index (χ0) is 22.3. The molecule has 1 unspecified atom stereocenters. The summed E-state index contributed by atoms with van der Waals surface area (Å²) in [7, 11) is 0. The highest BCUT2D eigenvalue weighted by molar-refractivity contribution is 7.98. The Bertz CT molecular complexity index is 994. The molecule has 2 N–H and O–H groups in total. The van der Waals surface area contributed by atoms with E-state index in [1.807, 2.05) is 19.2 Å². The molecular formula is C21H27N3O5S. The summed E-state index contributed by atoms with van der Waals surface area (Å²) in [6, 6.07) is 4.50. The Labute approximate surface area is 179 Å². The van der Waals surface area contributed by atoms with Crippen LogP contribution < -0.4 is 16.2 Å². The van der Waals surface area contributed by atoms with Crippen molar-refractivity contribution in [3.63, 3.8) is 0 Å². The number of hydrogen-bond donors (Lipinski definition) is 2. The van der Waals surface area contributed by atoms with Gasteiger partial charge in [0.1, 0.15) is 23.5 Å². The molecule has 0 saturated carbocycles. The molecule has 0 fully saturated rings. The number of amides is 2. The lowest BCUT2D eigenvalue weighted by molar-refractivity contribution is -0.123. The average Bonchev–Trinajstić information content (AvgIpc) is 2.65. The molecule has 0 aliphatic carbocycles.